The predicted octanol–water partition coefficient (Wildman–Crippen LogP) is -1.39. The minimum Gasteiger partial charge on any atom is -0.852 e. The van der Waals surface area contributed by atoms with E-state index in [1.807, 2.05) is 0 Å². The van der Waals surface area contributed by atoms with Gasteiger partial charge in [0.1, 0.15) is 0 Å². The molecule has 0 atom stereocenters. The summed E-state index contributed by atoms with van der Waals surface area (Å²) in [6, 6.07) is 0. The quantitative estimate of drug-likeness (QED) is 0.392. The van der Waals surface area contributed by atoms with Gasteiger partial charge in [-0.1, -0.05) is 13.8 Å². The van der Waals surface area contributed by atoms with E-state index in [-0.39, 0.29) is 0 Å². The van der Waals surface area contributed by atoms with Crippen molar-refractivity contribution < 1.29 is 10.8 Å². The summed E-state index contributed by atoms with van der Waals surface area (Å²) in [6.45, 7) is 3.22. The lowest BCUT2D eigenvalue weighted by molar-refractivity contribution is -0.407. The Labute approximate surface area is 39.0 Å². The van der Waals surface area contributed by atoms with Crippen molar-refractivity contribution in [3.05, 3.63) is 0 Å². The third kappa shape index (κ3) is 5220. The first kappa shape index (κ1) is 9.33. The number of quaternary nitrogens is 1. The van der Waals surface area contributed by atoms with E-state index in [0.717, 1.165) is 0 Å². The highest BCUT2D eigenvalue weighted by Gasteiger charge is 1.53. The van der Waals surface area contributed by atoms with Crippen molar-refractivity contribution in [2.45, 2.75) is 20.0 Å². The van der Waals surface area contributed by atoms with Crippen LogP contribution in [0.15, 0.2) is 0 Å². The monoisotopic (exact) mass is 91.1 g/mol. The van der Waals surface area contributed by atoms with Gasteiger partial charge in [-0.3, -0.25) is 0 Å². The smallest absolute Gasteiger partial charge is 0.0634 e. The summed E-state index contributed by atoms with van der Waals surface area (Å²) in [5.41, 5.74) is 3.25. The molecule has 2 nitrogen and oxygen atoms in total. The Kier molecular flexibility index (Phi) is 13.8. The van der Waals surface area contributed by atoms with Gasteiger partial charge in [-0.05, 0) is 0 Å². The van der Waals surface area contributed by atoms with Gasteiger partial charge in [0.05, 0.1) is 7.05 Å². The molecule has 0 aromatic rings. The number of hydrogen-bond acceptors (Lipinski definition) is 1. The van der Waals surface area contributed by atoms with Gasteiger partial charge in [0.25, 0.3) is 0 Å². The molecule has 0 rings (SSSR count). The van der Waals surface area contributed by atoms with E-state index in [4.69, 9.17) is 0 Å². The maximum atomic E-state index is 9.53. The molecule has 0 fully saturated rings. The fourth-order valence-electron chi connectivity index (χ4n) is 0. The van der Waals surface area contributed by atoms with E-state index in [9.17, 15) is 5.11 Å². The van der Waals surface area contributed by atoms with Crippen molar-refractivity contribution in [2.24, 2.45) is 0 Å². The van der Waals surface area contributed by atoms with E-state index in [0.29, 0.717) is 0 Å². The van der Waals surface area contributed by atoms with Crippen molar-refractivity contribution in [1.29, 1.82) is 0 Å². The molecule has 0 aliphatic rings. The zero-order valence-electron chi connectivity index (χ0n) is 4.69. The van der Waals surface area contributed by atoms with E-state index in [1.165, 1.54) is 0 Å². The molecule has 0 unspecified atom stereocenters. The van der Waals surface area contributed by atoms with E-state index >= 15 is 0 Å². The Morgan fingerprint density at radius 3 is 1.33 bits per heavy atom. The Bertz CT molecular complexity index is 12.3. The van der Waals surface area contributed by atoms with Gasteiger partial charge in [0.15, 0.2) is 0 Å². The van der Waals surface area contributed by atoms with Crippen molar-refractivity contribution in [2.75, 3.05) is 7.05 Å². The summed E-state index contributed by atoms with van der Waals surface area (Å²) in [6.07, 6.45) is -0.417. The molecule has 0 amide bonds. The molecule has 40 valence electrons. The standard InChI is InChI=1S/C3H7O.CH5N/c1-3(2)4;1-2/h3H,1-2H3;2H2,1H3/q-1;/p+1. The summed E-state index contributed by atoms with van der Waals surface area (Å²) in [5.74, 6) is 0. The molecule has 0 aliphatic heterocycles. The van der Waals surface area contributed by atoms with Crippen LogP contribution in [0.2, 0.25) is 0 Å². The second-order valence-corrected chi connectivity index (χ2v) is 1.05. The molecule has 0 radical (unpaired) electrons. The average molecular weight is 91.2 g/mol. The lowest BCUT2D eigenvalue weighted by Gasteiger charge is -2.02. The third-order valence-electron chi connectivity index (χ3n) is 0. The Morgan fingerprint density at radius 2 is 1.33 bits per heavy atom. The first-order valence-electron chi connectivity index (χ1n) is 2.10. The van der Waals surface area contributed by atoms with Gasteiger partial charge in [-0.15, -0.1) is 6.10 Å². The topological polar surface area (TPSA) is 50.7 Å². The Balaban J connectivity index is 0. The SMILES string of the molecule is CC(C)[O-].C[NH3+]. The van der Waals surface area contributed by atoms with Crippen LogP contribution >= 0.6 is 0 Å². The summed E-state index contributed by atoms with van der Waals surface area (Å²) in [7, 11) is 1.75. The highest BCUT2D eigenvalue weighted by atomic mass is 16.3. The first-order chi connectivity index (χ1) is 2.73. The van der Waals surface area contributed by atoms with Crippen LogP contribution in [0.5, 0.6) is 0 Å². The summed E-state index contributed by atoms with van der Waals surface area (Å²) in [5, 5.41) is 9.53. The largest absolute Gasteiger partial charge is 0.852 e. The number of rotatable bonds is 0. The lowest BCUT2D eigenvalue weighted by Crippen LogP contribution is -2.40. The molecule has 0 spiro atoms. The molecule has 0 heterocycles. The highest BCUT2D eigenvalue weighted by molar-refractivity contribution is 4.17. The molecule has 2 heteroatoms. The van der Waals surface area contributed by atoms with Crippen LogP contribution in [0, 0.1) is 0 Å². The average Bonchev–Trinajstić information content (AvgIpc) is 1.41. The Morgan fingerprint density at radius 1 is 1.33 bits per heavy atom. The molecular weight excluding hydrogens is 78.1 g/mol. The minimum atomic E-state index is -0.417. The summed E-state index contributed by atoms with van der Waals surface area (Å²) >= 11 is 0. The van der Waals surface area contributed by atoms with Crippen molar-refractivity contribution in [1.82, 2.24) is 0 Å². The summed E-state index contributed by atoms with van der Waals surface area (Å²) < 4.78 is 0. The zero-order chi connectivity index (χ0) is 5.58. The fourth-order valence-corrected chi connectivity index (χ4v) is 0. The van der Waals surface area contributed by atoms with Crippen LogP contribution in [-0.4, -0.2) is 13.2 Å². The van der Waals surface area contributed by atoms with Crippen LogP contribution in [0.1, 0.15) is 13.8 Å². The fraction of sp³-hybridized carbons (Fsp3) is 1.00. The molecule has 0 saturated carbocycles. The molecule has 0 bridgehead atoms. The molecule has 0 aromatic heterocycles. The maximum absolute atomic E-state index is 9.53. The molecule has 6 heavy (non-hydrogen) atoms. The third-order valence-corrected chi connectivity index (χ3v) is 0. The van der Waals surface area contributed by atoms with Gasteiger partial charge in [-0.25, -0.2) is 0 Å². The Hall–Kier alpha value is -0.0800. The molecular formula is C4H13NO. The second-order valence-electron chi connectivity index (χ2n) is 1.05. The van der Waals surface area contributed by atoms with Crippen LogP contribution in [-0.2, 0) is 0 Å². The first-order valence-corrected chi connectivity index (χ1v) is 2.10. The van der Waals surface area contributed by atoms with Gasteiger partial charge in [0, 0.05) is 0 Å². The van der Waals surface area contributed by atoms with Crippen molar-refractivity contribution in [3.8, 4) is 0 Å². The van der Waals surface area contributed by atoms with E-state index < -0.39 is 6.10 Å². The van der Waals surface area contributed by atoms with Crippen LogP contribution in [0.3, 0.4) is 0 Å². The molecule has 0 saturated heterocycles. The van der Waals surface area contributed by atoms with Crippen molar-refractivity contribution >= 4 is 0 Å². The lowest BCUT2D eigenvalue weighted by atomic mass is 10.5. The van der Waals surface area contributed by atoms with Crippen molar-refractivity contribution in [3.63, 3.8) is 0 Å². The van der Waals surface area contributed by atoms with Gasteiger partial charge < -0.3 is 10.8 Å². The van der Waals surface area contributed by atoms with Crippen LogP contribution in [0.25, 0.3) is 0 Å². The molecule has 3 N–H and O–H groups in total. The van der Waals surface area contributed by atoms with Crippen LogP contribution in [0.4, 0.5) is 0 Å². The summed E-state index contributed by atoms with van der Waals surface area (Å²) in [4.78, 5) is 0. The van der Waals surface area contributed by atoms with Gasteiger partial charge in [0.2, 0.25) is 0 Å². The zero-order valence-corrected chi connectivity index (χ0v) is 4.69. The van der Waals surface area contributed by atoms with Gasteiger partial charge in [-0.2, -0.15) is 0 Å². The maximum Gasteiger partial charge on any atom is 0.0634 e. The van der Waals surface area contributed by atoms with E-state index in [2.05, 4.69) is 5.73 Å². The molecule has 0 aliphatic carbocycles. The van der Waals surface area contributed by atoms with E-state index in [1.54, 1.807) is 20.9 Å². The number of hydrogen-bond donors (Lipinski definition) is 1. The second kappa shape index (κ2) is 8.87. The highest BCUT2D eigenvalue weighted by Crippen LogP contribution is 1.57. The predicted molar refractivity (Wildman–Crippen MR) is 23.9 cm³/mol. The molecule has 0 aromatic carbocycles. The van der Waals surface area contributed by atoms with Gasteiger partial charge >= 0.3 is 0 Å². The van der Waals surface area contributed by atoms with Crippen LogP contribution < -0.4 is 10.8 Å². The minimum absolute atomic E-state index is 0.417. The normalized spacial score (nSPS) is 7.00.